The summed E-state index contributed by atoms with van der Waals surface area (Å²) in [4.78, 5) is 11.6. The predicted molar refractivity (Wildman–Crippen MR) is 142 cm³/mol. The molecule has 182 valence electrons. The summed E-state index contributed by atoms with van der Waals surface area (Å²) in [5, 5.41) is 7.34. The number of hydrogen-bond acceptors (Lipinski definition) is 5. The predicted octanol–water partition coefficient (Wildman–Crippen LogP) is 4.26. The highest BCUT2D eigenvalue weighted by Crippen LogP contribution is 2.33. The first-order chi connectivity index (χ1) is 17.4. The van der Waals surface area contributed by atoms with E-state index in [1.54, 1.807) is 0 Å². The maximum absolute atomic E-state index is 4.85. The lowest BCUT2D eigenvalue weighted by molar-refractivity contribution is 0.170. The molecule has 0 saturated carbocycles. The molecule has 0 unspecified atom stereocenters. The van der Waals surface area contributed by atoms with Crippen molar-refractivity contribution in [1.29, 1.82) is 0 Å². The molecule has 0 bridgehead atoms. The van der Waals surface area contributed by atoms with Crippen LogP contribution in [0.15, 0.2) is 79.3 Å². The number of nitrogens with zero attached hydrogens (tertiary/aromatic N) is 3. The van der Waals surface area contributed by atoms with Crippen molar-refractivity contribution in [1.82, 2.24) is 25.5 Å². The van der Waals surface area contributed by atoms with Crippen LogP contribution >= 0.6 is 0 Å². The van der Waals surface area contributed by atoms with Crippen molar-refractivity contribution in [2.24, 2.45) is 0 Å². The van der Waals surface area contributed by atoms with E-state index in [1.807, 2.05) is 18.6 Å². The van der Waals surface area contributed by atoms with Gasteiger partial charge in [0.25, 0.3) is 0 Å². The van der Waals surface area contributed by atoms with Gasteiger partial charge in [0, 0.05) is 50.8 Å². The molecule has 2 N–H and O–H groups in total. The topological polar surface area (TPSA) is 53.1 Å². The lowest BCUT2D eigenvalue weighted by Gasteiger charge is -2.38. The number of pyridine rings is 2. The first kappa shape index (κ1) is 23.9. The number of rotatable bonds is 10. The van der Waals surface area contributed by atoms with E-state index in [9.17, 15) is 0 Å². The Balaban J connectivity index is 1.20. The molecule has 5 nitrogen and oxygen atoms in total. The van der Waals surface area contributed by atoms with Gasteiger partial charge in [-0.1, -0.05) is 42.5 Å². The summed E-state index contributed by atoms with van der Waals surface area (Å²) in [5.74, 6) is 0. The van der Waals surface area contributed by atoms with E-state index in [2.05, 4.69) is 81.2 Å². The average molecular weight is 468 g/mol. The summed E-state index contributed by atoms with van der Waals surface area (Å²) in [6, 6.07) is 18.2. The highest BCUT2D eigenvalue weighted by atomic mass is 15.2. The summed E-state index contributed by atoms with van der Waals surface area (Å²) in [6.45, 7) is 4.82. The van der Waals surface area contributed by atoms with Crippen molar-refractivity contribution in [3.8, 4) is 0 Å². The van der Waals surface area contributed by atoms with Gasteiger partial charge in [0.15, 0.2) is 0 Å². The smallest absolute Gasteiger partial charge is 0.0607 e. The number of nitrogens with one attached hydrogen (secondary N) is 2. The zero-order valence-electron chi connectivity index (χ0n) is 20.6. The van der Waals surface area contributed by atoms with Crippen LogP contribution in [0.1, 0.15) is 46.8 Å². The minimum Gasteiger partial charge on any atom is -0.313 e. The van der Waals surface area contributed by atoms with Crippen molar-refractivity contribution in [2.75, 3.05) is 26.2 Å². The van der Waals surface area contributed by atoms with E-state index in [0.717, 1.165) is 52.0 Å². The third kappa shape index (κ3) is 6.43. The minimum atomic E-state index is 0.392. The van der Waals surface area contributed by atoms with E-state index >= 15 is 0 Å². The van der Waals surface area contributed by atoms with Crippen LogP contribution in [0.4, 0.5) is 0 Å². The lowest BCUT2D eigenvalue weighted by atomic mass is 9.89. The zero-order chi connectivity index (χ0) is 23.7. The van der Waals surface area contributed by atoms with Crippen molar-refractivity contribution in [3.63, 3.8) is 0 Å². The number of hydrogen-bond donors (Lipinski definition) is 2. The fourth-order valence-corrected chi connectivity index (χ4v) is 5.46. The molecule has 0 saturated heterocycles. The molecule has 35 heavy (non-hydrogen) atoms. The first-order valence-electron chi connectivity index (χ1n) is 13.1. The third-order valence-electron chi connectivity index (χ3n) is 7.34. The van der Waals surface area contributed by atoms with Gasteiger partial charge < -0.3 is 10.6 Å². The molecule has 3 aromatic rings. The monoisotopic (exact) mass is 467 g/mol. The number of benzene rings is 1. The molecule has 2 atom stereocenters. The van der Waals surface area contributed by atoms with Crippen LogP contribution in [0.25, 0.3) is 0 Å². The van der Waals surface area contributed by atoms with Crippen LogP contribution in [-0.2, 0) is 25.8 Å². The van der Waals surface area contributed by atoms with E-state index in [4.69, 9.17) is 4.98 Å². The standard InChI is InChI=1S/C30H37N5/c1-2-8-27-22-34-28(21-26(27)7-1)23-35(29-11-5-9-25-10-6-16-33-30(25)29)20-4-3-15-31-17-12-24-13-18-32-19-14-24/h1-4,6-8,10,13-14,16,18-19,28-29,31,34H,5,9,11-12,15,17,20-23H2/b4-3+/t28-,29+/m1/s1. The molecular weight excluding hydrogens is 430 g/mol. The zero-order valence-corrected chi connectivity index (χ0v) is 20.6. The summed E-state index contributed by atoms with van der Waals surface area (Å²) >= 11 is 0. The summed E-state index contributed by atoms with van der Waals surface area (Å²) in [7, 11) is 0. The summed E-state index contributed by atoms with van der Waals surface area (Å²) in [6.07, 6.45) is 16.0. The van der Waals surface area contributed by atoms with Gasteiger partial charge in [-0.15, -0.1) is 0 Å². The molecule has 1 aliphatic heterocycles. The van der Waals surface area contributed by atoms with Crippen LogP contribution < -0.4 is 10.6 Å². The van der Waals surface area contributed by atoms with E-state index in [1.165, 1.54) is 40.8 Å². The molecule has 1 aliphatic carbocycles. The maximum atomic E-state index is 4.85. The molecule has 1 aromatic carbocycles. The Hall–Kier alpha value is -2.86. The molecule has 0 fully saturated rings. The van der Waals surface area contributed by atoms with Crippen LogP contribution in [0.3, 0.4) is 0 Å². The largest absolute Gasteiger partial charge is 0.313 e. The van der Waals surface area contributed by atoms with Crippen LogP contribution in [0, 0.1) is 0 Å². The van der Waals surface area contributed by atoms with Crippen LogP contribution in [0.5, 0.6) is 0 Å². The molecule has 2 aromatic heterocycles. The van der Waals surface area contributed by atoms with Crippen molar-refractivity contribution < 1.29 is 0 Å². The van der Waals surface area contributed by atoms with E-state index in [0.29, 0.717) is 12.1 Å². The first-order valence-corrected chi connectivity index (χ1v) is 13.1. The van der Waals surface area contributed by atoms with Crippen molar-refractivity contribution in [2.45, 2.75) is 50.7 Å². The molecular formula is C30H37N5. The van der Waals surface area contributed by atoms with Crippen LogP contribution in [-0.4, -0.2) is 47.1 Å². The second-order valence-corrected chi connectivity index (χ2v) is 9.74. The van der Waals surface area contributed by atoms with Gasteiger partial charge in [0.05, 0.1) is 11.7 Å². The molecule has 5 heteroatoms. The molecule has 0 amide bonds. The average Bonchev–Trinajstić information content (AvgIpc) is 2.92. The normalized spacial score (nSPS) is 19.6. The van der Waals surface area contributed by atoms with Gasteiger partial charge in [0.2, 0.25) is 0 Å². The van der Waals surface area contributed by atoms with E-state index in [-0.39, 0.29) is 0 Å². The fourth-order valence-electron chi connectivity index (χ4n) is 5.46. The Morgan fingerprint density at radius 3 is 2.74 bits per heavy atom. The minimum absolute atomic E-state index is 0.392. The third-order valence-corrected chi connectivity index (χ3v) is 7.34. The summed E-state index contributed by atoms with van der Waals surface area (Å²) < 4.78 is 0. The second-order valence-electron chi connectivity index (χ2n) is 9.74. The van der Waals surface area contributed by atoms with Crippen molar-refractivity contribution in [3.05, 3.63) is 107 Å². The van der Waals surface area contributed by atoms with Gasteiger partial charge in [-0.2, -0.15) is 0 Å². The molecule has 0 radical (unpaired) electrons. The Kier molecular flexibility index (Phi) is 8.32. The SMILES string of the molecule is C(=C\CN(C[C@H]1Cc2ccccc2CN1)[C@H]1CCCc2cccnc21)/CNCCc1ccncc1. The maximum Gasteiger partial charge on any atom is 0.0607 e. The quantitative estimate of drug-likeness (QED) is 0.345. The Bertz CT molecular complexity index is 1100. The van der Waals surface area contributed by atoms with E-state index < -0.39 is 0 Å². The van der Waals surface area contributed by atoms with Crippen molar-refractivity contribution >= 4 is 0 Å². The highest BCUT2D eigenvalue weighted by molar-refractivity contribution is 5.30. The van der Waals surface area contributed by atoms with Gasteiger partial charge in [-0.05, 0) is 79.1 Å². The van der Waals surface area contributed by atoms with Gasteiger partial charge >= 0.3 is 0 Å². The molecule has 5 rings (SSSR count). The van der Waals surface area contributed by atoms with Gasteiger partial charge in [0.1, 0.15) is 0 Å². The lowest BCUT2D eigenvalue weighted by Crippen LogP contribution is -2.46. The second kappa shape index (κ2) is 12.2. The molecule has 0 spiro atoms. The fraction of sp³-hybridized carbons (Fsp3) is 0.400. The Labute approximate surface area is 209 Å². The number of aryl methyl sites for hydroxylation is 1. The Morgan fingerprint density at radius 2 is 1.83 bits per heavy atom. The van der Waals surface area contributed by atoms with Crippen LogP contribution in [0.2, 0.25) is 0 Å². The van der Waals surface area contributed by atoms with Gasteiger partial charge in [-0.3, -0.25) is 14.9 Å². The molecule has 3 heterocycles. The van der Waals surface area contributed by atoms with Gasteiger partial charge in [-0.25, -0.2) is 0 Å². The molecule has 2 aliphatic rings. The summed E-state index contributed by atoms with van der Waals surface area (Å²) in [5.41, 5.74) is 6.98. The number of fused-ring (bicyclic) bond motifs is 2. The number of aromatic nitrogens is 2. The Morgan fingerprint density at radius 1 is 0.971 bits per heavy atom. The highest BCUT2D eigenvalue weighted by Gasteiger charge is 2.29.